The van der Waals surface area contributed by atoms with E-state index in [4.69, 9.17) is 4.74 Å². The molecule has 0 saturated heterocycles. The van der Waals surface area contributed by atoms with Crippen LogP contribution in [0.25, 0.3) is 0 Å². The lowest BCUT2D eigenvalue weighted by molar-refractivity contribution is -0.138. The van der Waals surface area contributed by atoms with Gasteiger partial charge in [-0.2, -0.15) is 0 Å². The van der Waals surface area contributed by atoms with Gasteiger partial charge in [-0.1, -0.05) is 42.5 Å². The van der Waals surface area contributed by atoms with Crippen LogP contribution in [0.3, 0.4) is 0 Å². The van der Waals surface area contributed by atoms with Crippen molar-refractivity contribution in [1.82, 2.24) is 10.2 Å². The van der Waals surface area contributed by atoms with E-state index in [1.54, 1.807) is 18.9 Å². The predicted molar refractivity (Wildman–Crippen MR) is 102 cm³/mol. The number of amides is 2. The van der Waals surface area contributed by atoms with Crippen molar-refractivity contribution in [2.75, 3.05) is 13.7 Å². The lowest BCUT2D eigenvalue weighted by atomic mass is 10.1. The van der Waals surface area contributed by atoms with Crippen LogP contribution in [0.15, 0.2) is 54.6 Å². The molecule has 5 heteroatoms. The van der Waals surface area contributed by atoms with Crippen LogP contribution >= 0.6 is 0 Å². The molecule has 1 unspecified atom stereocenters. The lowest BCUT2D eigenvalue weighted by Gasteiger charge is -2.27. The van der Waals surface area contributed by atoms with Crippen molar-refractivity contribution in [2.45, 2.75) is 32.9 Å². The second-order valence-electron chi connectivity index (χ2n) is 6.20. The second-order valence-corrected chi connectivity index (χ2v) is 6.20. The molecule has 0 aliphatic heterocycles. The molecular formula is C21H26N2O3. The molecule has 26 heavy (non-hydrogen) atoms. The first kappa shape index (κ1) is 19.5. The Morgan fingerprint density at radius 3 is 2.27 bits per heavy atom. The fourth-order valence-electron chi connectivity index (χ4n) is 2.71. The van der Waals surface area contributed by atoms with E-state index in [-0.39, 0.29) is 11.8 Å². The van der Waals surface area contributed by atoms with Gasteiger partial charge in [0.05, 0.1) is 7.11 Å². The largest absolute Gasteiger partial charge is 0.497 e. The zero-order valence-corrected chi connectivity index (χ0v) is 15.6. The van der Waals surface area contributed by atoms with E-state index < -0.39 is 6.04 Å². The van der Waals surface area contributed by atoms with Crippen molar-refractivity contribution in [2.24, 2.45) is 0 Å². The third-order valence-corrected chi connectivity index (χ3v) is 4.32. The molecule has 1 atom stereocenters. The average Bonchev–Trinajstić information content (AvgIpc) is 2.66. The number of nitrogens with one attached hydrogen (secondary N) is 1. The molecular weight excluding hydrogens is 328 g/mol. The molecule has 0 fully saturated rings. The number of rotatable bonds is 8. The van der Waals surface area contributed by atoms with E-state index in [1.165, 1.54) is 6.92 Å². The van der Waals surface area contributed by atoms with Crippen LogP contribution in [0.2, 0.25) is 0 Å². The maximum Gasteiger partial charge on any atom is 0.242 e. The molecule has 0 saturated carbocycles. The summed E-state index contributed by atoms with van der Waals surface area (Å²) in [5, 5.41) is 2.92. The number of nitrogens with zero attached hydrogens (tertiary/aromatic N) is 1. The van der Waals surface area contributed by atoms with Crippen molar-refractivity contribution in [1.29, 1.82) is 0 Å². The number of benzene rings is 2. The highest BCUT2D eigenvalue weighted by molar-refractivity contribution is 5.86. The van der Waals surface area contributed by atoms with Gasteiger partial charge >= 0.3 is 0 Å². The number of hydrogen-bond acceptors (Lipinski definition) is 3. The molecule has 1 N–H and O–H groups in total. The summed E-state index contributed by atoms with van der Waals surface area (Å²) in [6.07, 6.45) is 0.723. The van der Waals surface area contributed by atoms with Crippen LogP contribution in [0.4, 0.5) is 0 Å². The van der Waals surface area contributed by atoms with E-state index in [2.05, 4.69) is 5.32 Å². The Balaban J connectivity index is 1.88. The standard InChI is InChI=1S/C21H26N2O3/c1-16(23(17(2)24)15-19-7-5-4-6-8-19)21(25)22-14-13-18-9-11-20(26-3)12-10-18/h4-12,16H,13-15H2,1-3H3,(H,22,25). The number of hydrogen-bond donors (Lipinski definition) is 1. The summed E-state index contributed by atoms with van der Waals surface area (Å²) in [5.74, 6) is 0.542. The Kier molecular flexibility index (Phi) is 7.21. The SMILES string of the molecule is COc1ccc(CCNC(=O)C(C)N(Cc2ccccc2)C(C)=O)cc1. The van der Waals surface area contributed by atoms with Crippen LogP contribution in [-0.4, -0.2) is 36.4 Å². The minimum Gasteiger partial charge on any atom is -0.497 e. The average molecular weight is 354 g/mol. The molecule has 2 aromatic rings. The van der Waals surface area contributed by atoms with E-state index >= 15 is 0 Å². The lowest BCUT2D eigenvalue weighted by Crippen LogP contribution is -2.47. The second kappa shape index (κ2) is 9.61. The van der Waals surface area contributed by atoms with Crippen LogP contribution < -0.4 is 10.1 Å². The topological polar surface area (TPSA) is 58.6 Å². The summed E-state index contributed by atoms with van der Waals surface area (Å²) in [7, 11) is 1.63. The predicted octanol–water partition coefficient (Wildman–Crippen LogP) is 2.79. The molecule has 0 radical (unpaired) electrons. The first-order valence-electron chi connectivity index (χ1n) is 8.73. The van der Waals surface area contributed by atoms with Gasteiger partial charge in [-0.05, 0) is 36.6 Å². The normalized spacial score (nSPS) is 11.5. The van der Waals surface area contributed by atoms with Crippen LogP contribution in [-0.2, 0) is 22.6 Å². The summed E-state index contributed by atoms with van der Waals surface area (Å²) in [5.41, 5.74) is 2.12. The number of carbonyl (C=O) groups excluding carboxylic acids is 2. The fourth-order valence-corrected chi connectivity index (χ4v) is 2.71. The molecule has 2 aromatic carbocycles. The van der Waals surface area contributed by atoms with Gasteiger partial charge in [0.25, 0.3) is 0 Å². The molecule has 0 heterocycles. The minimum absolute atomic E-state index is 0.119. The number of ether oxygens (including phenoxy) is 1. The fraction of sp³-hybridized carbons (Fsp3) is 0.333. The Morgan fingerprint density at radius 1 is 1.04 bits per heavy atom. The van der Waals surface area contributed by atoms with E-state index in [0.717, 1.165) is 23.3 Å². The molecule has 0 spiro atoms. The summed E-state index contributed by atoms with van der Waals surface area (Å²) in [4.78, 5) is 26.0. The van der Waals surface area contributed by atoms with E-state index in [0.29, 0.717) is 13.1 Å². The summed E-state index contributed by atoms with van der Waals surface area (Å²) in [6, 6.07) is 16.9. The van der Waals surface area contributed by atoms with Gasteiger partial charge in [0.1, 0.15) is 11.8 Å². The van der Waals surface area contributed by atoms with Crippen molar-refractivity contribution in [3.63, 3.8) is 0 Å². The Bertz CT molecular complexity index is 714. The van der Waals surface area contributed by atoms with Crippen LogP contribution in [0.5, 0.6) is 5.75 Å². The Labute approximate surface area is 155 Å². The zero-order chi connectivity index (χ0) is 18.9. The first-order chi connectivity index (χ1) is 12.5. The molecule has 0 aliphatic carbocycles. The maximum atomic E-state index is 12.4. The van der Waals surface area contributed by atoms with Gasteiger partial charge in [-0.25, -0.2) is 0 Å². The molecule has 0 aromatic heterocycles. The van der Waals surface area contributed by atoms with Crippen LogP contribution in [0.1, 0.15) is 25.0 Å². The smallest absolute Gasteiger partial charge is 0.242 e. The van der Waals surface area contributed by atoms with E-state index in [9.17, 15) is 9.59 Å². The zero-order valence-electron chi connectivity index (χ0n) is 15.6. The molecule has 138 valence electrons. The van der Waals surface area contributed by atoms with Gasteiger partial charge in [0.2, 0.25) is 11.8 Å². The van der Waals surface area contributed by atoms with Gasteiger partial charge < -0.3 is 15.0 Å². The molecule has 2 amide bonds. The summed E-state index contributed by atoms with van der Waals surface area (Å²) >= 11 is 0. The van der Waals surface area contributed by atoms with Gasteiger partial charge in [-0.3, -0.25) is 9.59 Å². The maximum absolute atomic E-state index is 12.4. The molecule has 0 aliphatic rings. The quantitative estimate of drug-likeness (QED) is 0.793. The van der Waals surface area contributed by atoms with Gasteiger partial charge in [0, 0.05) is 20.0 Å². The highest BCUT2D eigenvalue weighted by atomic mass is 16.5. The first-order valence-corrected chi connectivity index (χ1v) is 8.73. The highest BCUT2D eigenvalue weighted by Gasteiger charge is 2.23. The van der Waals surface area contributed by atoms with Crippen molar-refractivity contribution in [3.8, 4) is 5.75 Å². The third kappa shape index (κ3) is 5.62. The molecule has 5 nitrogen and oxygen atoms in total. The van der Waals surface area contributed by atoms with Gasteiger partial charge in [-0.15, -0.1) is 0 Å². The Hall–Kier alpha value is -2.82. The molecule has 2 rings (SSSR count). The van der Waals surface area contributed by atoms with Gasteiger partial charge in [0.15, 0.2) is 0 Å². The molecule has 0 bridgehead atoms. The summed E-state index contributed by atoms with van der Waals surface area (Å²) < 4.78 is 5.13. The van der Waals surface area contributed by atoms with Crippen molar-refractivity contribution in [3.05, 3.63) is 65.7 Å². The highest BCUT2D eigenvalue weighted by Crippen LogP contribution is 2.12. The number of carbonyl (C=O) groups is 2. The Morgan fingerprint density at radius 2 is 1.69 bits per heavy atom. The summed E-state index contributed by atoms with van der Waals surface area (Å²) in [6.45, 7) is 4.19. The van der Waals surface area contributed by atoms with Crippen molar-refractivity contribution < 1.29 is 14.3 Å². The number of methoxy groups -OCH3 is 1. The third-order valence-electron chi connectivity index (χ3n) is 4.32. The minimum atomic E-state index is -0.524. The van der Waals surface area contributed by atoms with Crippen LogP contribution in [0, 0.1) is 0 Å². The van der Waals surface area contributed by atoms with Crippen molar-refractivity contribution >= 4 is 11.8 Å². The van der Waals surface area contributed by atoms with E-state index in [1.807, 2.05) is 54.6 Å². The monoisotopic (exact) mass is 354 g/mol.